The summed E-state index contributed by atoms with van der Waals surface area (Å²) in [5.41, 5.74) is 12.3. The fourth-order valence-electron chi connectivity index (χ4n) is 3.51. The van der Waals surface area contributed by atoms with Crippen LogP contribution in [0.3, 0.4) is 0 Å². The molecule has 0 aliphatic carbocycles. The highest BCUT2D eigenvalue weighted by Crippen LogP contribution is 2.35. The van der Waals surface area contributed by atoms with Gasteiger partial charge in [-0.2, -0.15) is 13.2 Å². The van der Waals surface area contributed by atoms with Crippen molar-refractivity contribution < 1.29 is 32.2 Å². The molecule has 7 nitrogen and oxygen atoms in total. The maximum Gasteiger partial charge on any atom is 0.409 e. The molecule has 2 aromatic carbocycles. The molecule has 198 valence electrons. The molecule has 4 aromatic rings. The van der Waals surface area contributed by atoms with Crippen LogP contribution >= 0.6 is 0 Å². The monoisotopic (exact) mass is 517 g/mol. The van der Waals surface area contributed by atoms with Gasteiger partial charge in [0, 0.05) is 22.7 Å². The normalized spacial score (nSPS) is 11.6. The third-order valence-electron chi connectivity index (χ3n) is 5.08. The van der Waals surface area contributed by atoms with E-state index in [4.69, 9.17) is 20.0 Å². The van der Waals surface area contributed by atoms with E-state index in [1.165, 1.54) is 25.6 Å². The molecule has 0 spiro atoms. The van der Waals surface area contributed by atoms with E-state index in [1.54, 1.807) is 42.5 Å². The van der Waals surface area contributed by atoms with Crippen LogP contribution in [-0.2, 0) is 17.8 Å². The van der Waals surface area contributed by atoms with Gasteiger partial charge in [0.1, 0.15) is 24.0 Å². The van der Waals surface area contributed by atoms with Crippen molar-refractivity contribution in [1.82, 2.24) is 4.98 Å². The predicted octanol–water partition coefficient (Wildman–Crippen LogP) is 5.86. The zero-order valence-corrected chi connectivity index (χ0v) is 20.8. The molecule has 0 radical (unpaired) electrons. The number of alkyl halides is 3. The number of benzene rings is 2. The molecule has 0 amide bonds. The predicted molar refractivity (Wildman–Crippen MR) is 136 cm³/mol. The summed E-state index contributed by atoms with van der Waals surface area (Å²) < 4.78 is 50.7. The van der Waals surface area contributed by atoms with Crippen molar-refractivity contribution in [3.8, 4) is 16.9 Å². The average molecular weight is 518 g/mol. The molecule has 10 heteroatoms. The van der Waals surface area contributed by atoms with E-state index in [0.29, 0.717) is 28.0 Å². The number of furan rings is 1. The summed E-state index contributed by atoms with van der Waals surface area (Å²) in [4.78, 5) is 14.9. The molecule has 1 unspecified atom stereocenters. The lowest BCUT2D eigenvalue weighted by atomic mass is 9.99. The Morgan fingerprint density at radius 1 is 1.11 bits per heavy atom. The molecule has 37 heavy (non-hydrogen) atoms. The average Bonchev–Trinajstić information content (AvgIpc) is 3.37. The molecule has 0 saturated heterocycles. The quantitative estimate of drug-likeness (QED) is 0.280. The number of carboxylic acid groups (broad SMARTS) is 1. The Kier molecular flexibility index (Phi) is 10.6. The summed E-state index contributed by atoms with van der Waals surface area (Å²) in [6.07, 6.45) is -2.03. The number of aromatic nitrogens is 1. The van der Waals surface area contributed by atoms with E-state index < -0.39 is 18.2 Å². The molecular weight excluding hydrogens is 487 g/mol. The molecule has 2 aromatic heterocycles. The Morgan fingerprint density at radius 2 is 1.81 bits per heavy atom. The van der Waals surface area contributed by atoms with Crippen LogP contribution < -0.4 is 16.2 Å². The molecule has 0 fully saturated rings. The molecular formula is C27H30F3N3O4. The number of para-hydroxylation sites is 1. The van der Waals surface area contributed by atoms with Crippen molar-refractivity contribution >= 4 is 16.9 Å². The first kappa shape index (κ1) is 29.3. The van der Waals surface area contributed by atoms with Crippen molar-refractivity contribution in [2.75, 3.05) is 7.05 Å². The third-order valence-corrected chi connectivity index (χ3v) is 5.08. The van der Waals surface area contributed by atoms with E-state index >= 15 is 0 Å². The lowest BCUT2D eigenvalue weighted by Gasteiger charge is -2.16. The van der Waals surface area contributed by atoms with Crippen molar-refractivity contribution in [1.29, 1.82) is 0 Å². The Bertz CT molecular complexity index is 1310. The fraction of sp³-hybridized carbons (Fsp3) is 0.259. The Balaban J connectivity index is 0.00000115. The van der Waals surface area contributed by atoms with Gasteiger partial charge in [0.05, 0.1) is 18.4 Å². The molecule has 0 bridgehead atoms. The van der Waals surface area contributed by atoms with Crippen molar-refractivity contribution in [2.24, 2.45) is 11.5 Å². The number of ether oxygens (including phenoxy) is 1. The fourth-order valence-corrected chi connectivity index (χ4v) is 3.51. The SMILES string of the molecule is CC.CN.NC(c1cc(-c2cc(COc3ccccc3CC(=O)O)cc3ccoc23)ccn1)C(F)(F)F. The molecule has 0 aliphatic rings. The summed E-state index contributed by atoms with van der Waals surface area (Å²) in [5.74, 6) is -0.533. The Labute approximate surface area is 212 Å². The van der Waals surface area contributed by atoms with Crippen LogP contribution in [0.15, 0.2) is 71.5 Å². The van der Waals surface area contributed by atoms with Gasteiger partial charge in [0.2, 0.25) is 0 Å². The van der Waals surface area contributed by atoms with E-state index in [2.05, 4.69) is 10.7 Å². The van der Waals surface area contributed by atoms with E-state index in [9.17, 15) is 18.0 Å². The number of carbonyl (C=O) groups is 1. The van der Waals surface area contributed by atoms with Gasteiger partial charge in [-0.15, -0.1) is 0 Å². The number of carboxylic acids is 1. The standard InChI is InChI=1S/C24H19F3N2O4.C2H6.CH5N/c25-24(26,27)23(28)19-11-15(5-7-29-19)18-10-14(9-17-6-8-32-22(17)18)13-33-20-4-2-1-3-16(20)12-21(30)31;2*1-2/h1-11,23H,12-13,28H2,(H,30,31);1-2H3;2H2,1H3. The second-order valence-electron chi connectivity index (χ2n) is 7.44. The lowest BCUT2D eigenvalue weighted by Crippen LogP contribution is -2.29. The first-order valence-corrected chi connectivity index (χ1v) is 11.5. The third kappa shape index (κ3) is 7.55. The highest BCUT2D eigenvalue weighted by molar-refractivity contribution is 5.93. The first-order chi connectivity index (χ1) is 17.7. The van der Waals surface area contributed by atoms with E-state index in [-0.39, 0.29) is 18.7 Å². The van der Waals surface area contributed by atoms with Gasteiger partial charge in [-0.25, -0.2) is 0 Å². The van der Waals surface area contributed by atoms with Gasteiger partial charge in [0.15, 0.2) is 0 Å². The number of nitrogens with two attached hydrogens (primary N) is 2. The van der Waals surface area contributed by atoms with Crippen molar-refractivity contribution in [3.05, 3.63) is 83.9 Å². The molecule has 1 atom stereocenters. The van der Waals surface area contributed by atoms with Crippen LogP contribution in [0.2, 0.25) is 0 Å². The van der Waals surface area contributed by atoms with E-state index in [0.717, 1.165) is 10.9 Å². The minimum atomic E-state index is -4.62. The van der Waals surface area contributed by atoms with E-state index in [1.807, 2.05) is 19.9 Å². The van der Waals surface area contributed by atoms with Gasteiger partial charge in [-0.1, -0.05) is 32.0 Å². The smallest absolute Gasteiger partial charge is 0.409 e. The largest absolute Gasteiger partial charge is 0.489 e. The number of hydrogen-bond acceptors (Lipinski definition) is 6. The van der Waals surface area contributed by atoms with Crippen LogP contribution in [0.5, 0.6) is 5.75 Å². The summed E-state index contributed by atoms with van der Waals surface area (Å²) in [7, 11) is 1.50. The summed E-state index contributed by atoms with van der Waals surface area (Å²) in [6.45, 7) is 4.12. The highest BCUT2D eigenvalue weighted by atomic mass is 19.4. The summed E-state index contributed by atoms with van der Waals surface area (Å²) >= 11 is 0. The van der Waals surface area contributed by atoms with Crippen molar-refractivity contribution in [3.63, 3.8) is 0 Å². The molecule has 5 N–H and O–H groups in total. The number of aliphatic carboxylic acids is 1. The summed E-state index contributed by atoms with van der Waals surface area (Å²) in [5, 5.41) is 9.83. The molecule has 4 rings (SSSR count). The van der Waals surface area contributed by atoms with Gasteiger partial charge in [-0.05, 0) is 54.6 Å². The van der Waals surface area contributed by atoms with Gasteiger partial charge < -0.3 is 25.7 Å². The zero-order valence-electron chi connectivity index (χ0n) is 20.8. The Morgan fingerprint density at radius 3 is 2.49 bits per heavy atom. The molecule has 0 saturated carbocycles. The van der Waals surface area contributed by atoms with Crippen LogP contribution in [-0.4, -0.2) is 29.3 Å². The molecule has 2 heterocycles. The van der Waals surface area contributed by atoms with Gasteiger partial charge >= 0.3 is 12.1 Å². The number of halogens is 3. The molecule has 0 aliphatic heterocycles. The number of rotatable bonds is 7. The summed E-state index contributed by atoms with van der Waals surface area (Å²) in [6, 6.07) is 12.8. The number of pyridine rings is 1. The maximum absolute atomic E-state index is 13.1. The number of hydrogen-bond donors (Lipinski definition) is 3. The van der Waals surface area contributed by atoms with Crippen molar-refractivity contribution in [2.45, 2.75) is 39.1 Å². The Hall–Kier alpha value is -3.89. The lowest BCUT2D eigenvalue weighted by molar-refractivity contribution is -0.150. The second kappa shape index (κ2) is 13.4. The number of nitrogens with zero attached hydrogens (tertiary/aromatic N) is 1. The highest BCUT2D eigenvalue weighted by Gasteiger charge is 2.39. The van der Waals surface area contributed by atoms with Gasteiger partial charge in [0.25, 0.3) is 0 Å². The topological polar surface area (TPSA) is 125 Å². The first-order valence-electron chi connectivity index (χ1n) is 11.5. The van der Waals surface area contributed by atoms with Crippen LogP contribution in [0, 0.1) is 0 Å². The van der Waals surface area contributed by atoms with Gasteiger partial charge in [-0.3, -0.25) is 9.78 Å². The van der Waals surface area contributed by atoms with Crippen LogP contribution in [0.1, 0.15) is 36.7 Å². The zero-order chi connectivity index (χ0) is 27.6. The number of fused-ring (bicyclic) bond motifs is 1. The minimum absolute atomic E-state index is 0.116. The van der Waals surface area contributed by atoms with Crippen LogP contribution in [0.25, 0.3) is 22.1 Å². The minimum Gasteiger partial charge on any atom is -0.489 e. The second-order valence-corrected chi connectivity index (χ2v) is 7.44. The maximum atomic E-state index is 13.1. The van der Waals surface area contributed by atoms with Crippen LogP contribution in [0.4, 0.5) is 13.2 Å².